The second-order valence-corrected chi connectivity index (χ2v) is 6.34. The number of carbonyl (C=O) groups excluding carboxylic acids is 2. The normalized spacial score (nSPS) is 10.8. The minimum absolute atomic E-state index is 0.0305. The third-order valence-corrected chi connectivity index (χ3v) is 3.45. The van der Waals surface area contributed by atoms with E-state index in [9.17, 15) is 9.59 Å². The minimum atomic E-state index is -0.245. The minimum Gasteiger partial charge on any atom is -0.360 e. The van der Waals surface area contributed by atoms with Gasteiger partial charge < -0.3 is 14.7 Å². The molecule has 1 N–H and O–H groups in total. The van der Waals surface area contributed by atoms with Gasteiger partial charge in [-0.2, -0.15) is 0 Å². The Morgan fingerprint density at radius 3 is 2.61 bits per heavy atom. The zero-order valence-corrected chi connectivity index (χ0v) is 14.7. The van der Waals surface area contributed by atoms with Crippen molar-refractivity contribution in [3.63, 3.8) is 0 Å². The zero-order chi connectivity index (χ0) is 17.2. The van der Waals surface area contributed by atoms with Crippen molar-refractivity contribution in [3.8, 4) is 0 Å². The van der Waals surface area contributed by atoms with Crippen molar-refractivity contribution >= 4 is 17.6 Å². The summed E-state index contributed by atoms with van der Waals surface area (Å²) < 4.78 is 4.92. The van der Waals surface area contributed by atoms with Crippen molar-refractivity contribution in [1.82, 2.24) is 10.1 Å². The second kappa shape index (κ2) is 10.0. The first kappa shape index (κ1) is 19.2. The Balaban J connectivity index is 2.55. The van der Waals surface area contributed by atoms with E-state index >= 15 is 0 Å². The van der Waals surface area contributed by atoms with E-state index in [4.69, 9.17) is 4.52 Å². The highest BCUT2D eigenvalue weighted by atomic mass is 16.5. The number of rotatable bonds is 10. The van der Waals surface area contributed by atoms with Gasteiger partial charge in [-0.25, -0.2) is 0 Å². The highest BCUT2D eigenvalue weighted by Gasteiger charge is 2.18. The first-order valence-corrected chi connectivity index (χ1v) is 8.43. The molecule has 6 heteroatoms. The second-order valence-electron chi connectivity index (χ2n) is 6.34. The summed E-state index contributed by atoms with van der Waals surface area (Å²) in [4.78, 5) is 26.1. The van der Waals surface area contributed by atoms with Crippen molar-refractivity contribution in [3.05, 3.63) is 11.8 Å². The third-order valence-electron chi connectivity index (χ3n) is 3.45. The lowest BCUT2D eigenvalue weighted by Crippen LogP contribution is -2.39. The molecule has 0 atom stereocenters. The Labute approximate surface area is 138 Å². The van der Waals surface area contributed by atoms with E-state index in [0.29, 0.717) is 24.5 Å². The summed E-state index contributed by atoms with van der Waals surface area (Å²) in [5, 5.41) is 6.40. The molecule has 0 spiro atoms. The molecule has 1 aromatic rings. The Hall–Kier alpha value is -1.85. The number of aryl methyl sites for hydroxylation is 1. The maximum Gasteiger partial charge on any atom is 0.245 e. The maximum absolute atomic E-state index is 12.3. The number of carbonyl (C=O) groups is 2. The number of anilines is 1. The van der Waals surface area contributed by atoms with E-state index in [1.54, 1.807) is 17.9 Å². The van der Waals surface area contributed by atoms with E-state index in [-0.39, 0.29) is 24.3 Å². The van der Waals surface area contributed by atoms with Crippen molar-refractivity contribution in [1.29, 1.82) is 0 Å². The fourth-order valence-corrected chi connectivity index (χ4v) is 2.28. The van der Waals surface area contributed by atoms with Crippen LogP contribution in [0.1, 0.15) is 58.6 Å². The van der Waals surface area contributed by atoms with Gasteiger partial charge >= 0.3 is 0 Å². The van der Waals surface area contributed by atoms with Crippen LogP contribution in [0, 0.1) is 12.8 Å². The topological polar surface area (TPSA) is 75.4 Å². The molecule has 1 aromatic heterocycles. The quantitative estimate of drug-likeness (QED) is 0.670. The predicted molar refractivity (Wildman–Crippen MR) is 90.0 cm³/mol. The van der Waals surface area contributed by atoms with Gasteiger partial charge in [-0.05, 0) is 19.3 Å². The van der Waals surface area contributed by atoms with Crippen molar-refractivity contribution < 1.29 is 14.1 Å². The van der Waals surface area contributed by atoms with Gasteiger partial charge in [0.15, 0.2) is 5.82 Å². The molecular formula is C17H29N3O3. The molecule has 0 saturated heterocycles. The molecule has 0 aliphatic rings. The zero-order valence-electron chi connectivity index (χ0n) is 14.7. The molecular weight excluding hydrogens is 294 g/mol. The number of unbranched alkanes of at least 4 members (excludes halogenated alkanes) is 3. The van der Waals surface area contributed by atoms with Gasteiger partial charge in [-0.3, -0.25) is 9.59 Å². The lowest BCUT2D eigenvalue weighted by atomic mass is 10.1. The van der Waals surface area contributed by atoms with Crippen LogP contribution >= 0.6 is 0 Å². The number of aromatic nitrogens is 1. The van der Waals surface area contributed by atoms with Crippen LogP contribution < -0.4 is 5.32 Å². The van der Waals surface area contributed by atoms with E-state index in [0.717, 1.165) is 25.7 Å². The van der Waals surface area contributed by atoms with Crippen LogP contribution in [0.25, 0.3) is 0 Å². The predicted octanol–water partition coefficient (Wildman–Crippen LogP) is 3.38. The molecule has 0 saturated carbocycles. The monoisotopic (exact) mass is 323 g/mol. The number of hydrogen-bond acceptors (Lipinski definition) is 4. The molecule has 0 unspecified atom stereocenters. The highest BCUT2D eigenvalue weighted by molar-refractivity contribution is 5.93. The van der Waals surface area contributed by atoms with Gasteiger partial charge in [0.2, 0.25) is 11.8 Å². The van der Waals surface area contributed by atoms with Crippen LogP contribution in [0.5, 0.6) is 0 Å². The maximum atomic E-state index is 12.3. The lowest BCUT2D eigenvalue weighted by Gasteiger charge is -2.23. The standard InChI is InChI=1S/C17H29N3O3/c1-5-6-7-8-9-20(17(22)10-13(2)3)12-16(21)18-15-11-14(4)23-19-15/h11,13H,5-10,12H2,1-4H3,(H,18,19,21). The number of nitrogens with one attached hydrogen (secondary N) is 1. The number of nitrogens with zero attached hydrogens (tertiary/aromatic N) is 2. The third kappa shape index (κ3) is 7.81. The molecule has 0 bridgehead atoms. The summed E-state index contributed by atoms with van der Waals surface area (Å²) in [6.45, 7) is 8.60. The average Bonchev–Trinajstić information content (AvgIpc) is 2.86. The van der Waals surface area contributed by atoms with Gasteiger partial charge in [0.25, 0.3) is 0 Å². The molecule has 23 heavy (non-hydrogen) atoms. The van der Waals surface area contributed by atoms with Crippen LogP contribution in [0.3, 0.4) is 0 Å². The molecule has 0 aromatic carbocycles. The molecule has 6 nitrogen and oxygen atoms in total. The van der Waals surface area contributed by atoms with E-state index in [2.05, 4.69) is 17.4 Å². The summed E-state index contributed by atoms with van der Waals surface area (Å²) >= 11 is 0. The van der Waals surface area contributed by atoms with Crippen LogP contribution in [0.4, 0.5) is 5.82 Å². The SMILES string of the molecule is CCCCCCN(CC(=O)Nc1cc(C)on1)C(=O)CC(C)C. The number of hydrogen-bond donors (Lipinski definition) is 1. The van der Waals surface area contributed by atoms with Crippen LogP contribution in [-0.2, 0) is 9.59 Å². The van der Waals surface area contributed by atoms with Crippen LogP contribution in [0.15, 0.2) is 10.6 Å². The van der Waals surface area contributed by atoms with Gasteiger partial charge in [0.1, 0.15) is 5.76 Å². The fraction of sp³-hybridized carbons (Fsp3) is 0.706. The summed E-state index contributed by atoms with van der Waals surface area (Å²) in [6.07, 6.45) is 4.76. The van der Waals surface area contributed by atoms with Crippen molar-refractivity contribution in [2.24, 2.45) is 5.92 Å². The van der Waals surface area contributed by atoms with Crippen LogP contribution in [-0.4, -0.2) is 35.0 Å². The highest BCUT2D eigenvalue weighted by Crippen LogP contribution is 2.10. The molecule has 0 aliphatic heterocycles. The summed E-state index contributed by atoms with van der Waals surface area (Å²) in [5.74, 6) is 1.08. The lowest BCUT2D eigenvalue weighted by molar-refractivity contribution is -0.135. The fourth-order valence-electron chi connectivity index (χ4n) is 2.28. The first-order chi connectivity index (χ1) is 10.9. The van der Waals surface area contributed by atoms with Gasteiger partial charge in [0.05, 0.1) is 6.54 Å². The summed E-state index contributed by atoms with van der Waals surface area (Å²) in [5.41, 5.74) is 0. The average molecular weight is 323 g/mol. The summed E-state index contributed by atoms with van der Waals surface area (Å²) in [7, 11) is 0. The molecule has 1 heterocycles. The van der Waals surface area contributed by atoms with Crippen molar-refractivity contribution in [2.75, 3.05) is 18.4 Å². The smallest absolute Gasteiger partial charge is 0.245 e. The summed E-state index contributed by atoms with van der Waals surface area (Å²) in [6, 6.07) is 1.65. The van der Waals surface area contributed by atoms with Crippen molar-refractivity contribution in [2.45, 2.75) is 59.8 Å². The molecule has 130 valence electrons. The molecule has 0 aliphatic carbocycles. The van der Waals surface area contributed by atoms with Gasteiger partial charge in [-0.15, -0.1) is 0 Å². The molecule has 2 amide bonds. The van der Waals surface area contributed by atoms with E-state index < -0.39 is 0 Å². The first-order valence-electron chi connectivity index (χ1n) is 8.43. The Morgan fingerprint density at radius 1 is 1.30 bits per heavy atom. The largest absolute Gasteiger partial charge is 0.360 e. The molecule has 0 fully saturated rings. The van der Waals surface area contributed by atoms with Crippen LogP contribution in [0.2, 0.25) is 0 Å². The molecule has 1 rings (SSSR count). The molecule has 0 radical (unpaired) electrons. The van der Waals surface area contributed by atoms with Gasteiger partial charge in [-0.1, -0.05) is 45.2 Å². The van der Waals surface area contributed by atoms with Gasteiger partial charge in [0, 0.05) is 19.0 Å². The Bertz CT molecular complexity index is 497. The Morgan fingerprint density at radius 2 is 2.04 bits per heavy atom. The van der Waals surface area contributed by atoms with E-state index in [1.165, 1.54) is 0 Å². The van der Waals surface area contributed by atoms with E-state index in [1.807, 2.05) is 13.8 Å². The Kier molecular flexibility index (Phi) is 8.37. The number of amides is 2.